The van der Waals surface area contributed by atoms with Crippen molar-refractivity contribution in [2.75, 3.05) is 0 Å². The second-order valence-corrected chi connectivity index (χ2v) is 13.1. The first-order valence-electron chi connectivity index (χ1n) is 16.5. The Bertz CT molecular complexity index is 2520. The van der Waals surface area contributed by atoms with Gasteiger partial charge in [-0.2, -0.15) is 0 Å². The Morgan fingerprint density at radius 2 is 0.780 bits per heavy atom. The van der Waals surface area contributed by atoms with E-state index in [2.05, 4.69) is 91.0 Å². The highest BCUT2D eigenvalue weighted by molar-refractivity contribution is 7.26. The predicted molar refractivity (Wildman–Crippen MR) is 206 cm³/mol. The number of rotatable bonds is 7. The molecule has 0 aliphatic heterocycles. The third-order valence-corrected chi connectivity index (χ3v) is 10.1. The highest BCUT2D eigenvalue weighted by atomic mass is 32.1. The minimum Gasteiger partial charge on any atom is -0.457 e. The lowest BCUT2D eigenvalue weighted by molar-refractivity contribution is 0.483. The number of thiophene rings is 1. The normalized spacial score (nSPS) is 11.2. The van der Waals surface area contributed by atoms with Gasteiger partial charge in [0.05, 0.1) is 0 Å². The highest BCUT2D eigenvalue weighted by Gasteiger charge is 2.13. The van der Waals surface area contributed by atoms with Gasteiger partial charge < -0.3 is 4.74 Å². The lowest BCUT2D eigenvalue weighted by atomic mass is 10.0. The number of ether oxygens (including phenoxy) is 1. The van der Waals surface area contributed by atoms with Crippen molar-refractivity contribution in [1.29, 1.82) is 0 Å². The minimum absolute atomic E-state index is 0.638. The van der Waals surface area contributed by atoms with Crippen LogP contribution in [-0.4, -0.2) is 15.0 Å². The van der Waals surface area contributed by atoms with Crippen molar-refractivity contribution < 1.29 is 4.74 Å². The van der Waals surface area contributed by atoms with Gasteiger partial charge in [0.2, 0.25) is 0 Å². The summed E-state index contributed by atoms with van der Waals surface area (Å²) >= 11 is 1.85. The summed E-state index contributed by atoms with van der Waals surface area (Å²) < 4.78 is 8.87. The monoisotopic (exact) mass is 659 g/mol. The maximum Gasteiger partial charge on any atom is 0.164 e. The van der Waals surface area contributed by atoms with Gasteiger partial charge in [-0.25, -0.2) is 15.0 Å². The van der Waals surface area contributed by atoms with Gasteiger partial charge in [-0.05, 0) is 52.6 Å². The molecule has 0 saturated heterocycles. The van der Waals surface area contributed by atoms with Crippen LogP contribution in [0.4, 0.5) is 0 Å². The summed E-state index contributed by atoms with van der Waals surface area (Å²) in [7, 11) is 0. The Hall–Kier alpha value is -6.43. The average Bonchev–Trinajstić information content (AvgIpc) is 3.58. The largest absolute Gasteiger partial charge is 0.457 e. The summed E-state index contributed by atoms with van der Waals surface area (Å²) in [5.41, 5.74) is 7.45. The van der Waals surface area contributed by atoms with Crippen LogP contribution >= 0.6 is 11.3 Å². The van der Waals surface area contributed by atoms with E-state index in [0.717, 1.165) is 39.3 Å². The number of benzene rings is 7. The first-order valence-corrected chi connectivity index (χ1v) is 17.3. The molecule has 0 N–H and O–H groups in total. The van der Waals surface area contributed by atoms with Crippen LogP contribution in [0.2, 0.25) is 0 Å². The molecule has 0 aliphatic rings. The molecule has 0 unspecified atom stereocenters. The summed E-state index contributed by atoms with van der Waals surface area (Å²) in [6.07, 6.45) is 0. The summed E-state index contributed by atoms with van der Waals surface area (Å²) in [5.74, 6) is 3.53. The summed E-state index contributed by atoms with van der Waals surface area (Å²) in [6, 6.07) is 60.2. The fourth-order valence-electron chi connectivity index (χ4n) is 6.28. The predicted octanol–water partition coefficient (Wildman–Crippen LogP) is 12.4. The van der Waals surface area contributed by atoms with Crippen LogP contribution < -0.4 is 4.74 Å². The first kappa shape index (κ1) is 29.7. The summed E-state index contributed by atoms with van der Waals surface area (Å²) in [4.78, 5) is 14.5. The molecular weight excluding hydrogens is 631 g/mol. The van der Waals surface area contributed by atoms with E-state index in [0.29, 0.717) is 17.5 Å². The molecule has 7 aromatic carbocycles. The van der Waals surface area contributed by atoms with Crippen molar-refractivity contribution in [2.45, 2.75) is 0 Å². The van der Waals surface area contributed by atoms with Crippen molar-refractivity contribution in [1.82, 2.24) is 15.0 Å². The van der Waals surface area contributed by atoms with Gasteiger partial charge in [0, 0.05) is 36.9 Å². The molecule has 0 fully saturated rings. The van der Waals surface area contributed by atoms with E-state index >= 15 is 0 Å². The average molecular weight is 660 g/mol. The van der Waals surface area contributed by atoms with E-state index in [1.807, 2.05) is 96.3 Å². The summed E-state index contributed by atoms with van der Waals surface area (Å²) in [5, 5.41) is 2.62. The maximum atomic E-state index is 6.25. The molecule has 4 nitrogen and oxygen atoms in total. The molecule has 50 heavy (non-hydrogen) atoms. The van der Waals surface area contributed by atoms with Gasteiger partial charge in [0.25, 0.3) is 0 Å². The van der Waals surface area contributed by atoms with Crippen molar-refractivity contribution in [3.05, 3.63) is 176 Å². The molecule has 2 heterocycles. The van der Waals surface area contributed by atoms with Gasteiger partial charge in [0.1, 0.15) is 11.5 Å². The molecule has 0 saturated carbocycles. The second-order valence-electron chi connectivity index (χ2n) is 12.0. The Kier molecular flexibility index (Phi) is 7.65. The van der Waals surface area contributed by atoms with Crippen molar-refractivity contribution in [2.24, 2.45) is 0 Å². The molecule has 5 heteroatoms. The quantitative estimate of drug-likeness (QED) is 0.171. The zero-order valence-electron chi connectivity index (χ0n) is 26.9. The van der Waals surface area contributed by atoms with Crippen LogP contribution in [0.1, 0.15) is 0 Å². The van der Waals surface area contributed by atoms with Crippen LogP contribution in [-0.2, 0) is 0 Å². The van der Waals surface area contributed by atoms with E-state index < -0.39 is 0 Å². The van der Waals surface area contributed by atoms with Crippen molar-refractivity contribution in [3.8, 4) is 67.9 Å². The molecular formula is C45H29N3OS. The number of nitrogens with zero attached hydrogens (tertiary/aromatic N) is 3. The zero-order valence-corrected chi connectivity index (χ0v) is 27.7. The molecule has 0 radical (unpaired) electrons. The third kappa shape index (κ3) is 5.80. The third-order valence-electron chi connectivity index (χ3n) is 8.84. The molecule has 236 valence electrons. The summed E-state index contributed by atoms with van der Waals surface area (Å²) in [6.45, 7) is 0. The van der Waals surface area contributed by atoms with Crippen LogP contribution in [0.25, 0.3) is 76.6 Å². The minimum atomic E-state index is 0.638. The Labute approximate surface area is 294 Å². The Balaban J connectivity index is 0.934. The number of hydrogen-bond donors (Lipinski definition) is 0. The molecule has 9 aromatic rings. The smallest absolute Gasteiger partial charge is 0.164 e. The van der Waals surface area contributed by atoms with Crippen molar-refractivity contribution in [3.63, 3.8) is 0 Å². The van der Waals surface area contributed by atoms with E-state index in [1.165, 1.54) is 31.3 Å². The molecule has 0 spiro atoms. The Morgan fingerprint density at radius 3 is 1.36 bits per heavy atom. The lowest BCUT2D eigenvalue weighted by Gasteiger charge is -2.10. The lowest BCUT2D eigenvalue weighted by Crippen LogP contribution is -2.00. The SMILES string of the molecule is c1ccc(-c2nc(-c3ccccc3)nc(-c3ccc(-c4ccc(Oc5ccc(-c6cccc7c6sc6ccccc67)cc5)cc4)cc3)n2)cc1. The number of hydrogen-bond acceptors (Lipinski definition) is 5. The molecule has 0 bridgehead atoms. The van der Waals surface area contributed by atoms with Gasteiger partial charge in [0.15, 0.2) is 17.5 Å². The fraction of sp³-hybridized carbons (Fsp3) is 0. The van der Waals surface area contributed by atoms with E-state index in [4.69, 9.17) is 19.7 Å². The topological polar surface area (TPSA) is 47.9 Å². The van der Waals surface area contributed by atoms with Crippen LogP contribution in [0, 0.1) is 0 Å². The second kappa shape index (κ2) is 12.9. The van der Waals surface area contributed by atoms with E-state index in [9.17, 15) is 0 Å². The Morgan fingerprint density at radius 1 is 0.340 bits per heavy atom. The van der Waals surface area contributed by atoms with Crippen LogP contribution in [0.3, 0.4) is 0 Å². The van der Waals surface area contributed by atoms with E-state index in [1.54, 1.807) is 0 Å². The van der Waals surface area contributed by atoms with Crippen LogP contribution in [0.15, 0.2) is 176 Å². The van der Waals surface area contributed by atoms with Crippen molar-refractivity contribution >= 4 is 31.5 Å². The number of aromatic nitrogens is 3. The van der Waals surface area contributed by atoms with Crippen LogP contribution in [0.5, 0.6) is 11.5 Å². The van der Waals surface area contributed by atoms with E-state index in [-0.39, 0.29) is 0 Å². The first-order chi connectivity index (χ1) is 24.7. The van der Waals surface area contributed by atoms with Gasteiger partial charge in [-0.1, -0.05) is 146 Å². The van der Waals surface area contributed by atoms with Gasteiger partial charge in [-0.15, -0.1) is 11.3 Å². The van der Waals surface area contributed by atoms with Gasteiger partial charge >= 0.3 is 0 Å². The number of fused-ring (bicyclic) bond motifs is 3. The molecule has 2 aromatic heterocycles. The van der Waals surface area contributed by atoms with Gasteiger partial charge in [-0.3, -0.25) is 0 Å². The molecule has 0 atom stereocenters. The highest BCUT2D eigenvalue weighted by Crippen LogP contribution is 2.40. The molecule has 0 aliphatic carbocycles. The standard InChI is InChI=1S/C45H29N3OS/c1-3-10-33(11-4-1)43-46-44(34-12-5-2-6-13-34)48-45(47-43)35-20-18-30(19-21-35)31-22-26-36(27-23-31)49-37-28-24-32(25-29-37)38-15-9-16-40-39-14-7-8-17-41(39)50-42(38)40/h1-29H. The maximum absolute atomic E-state index is 6.25. The fourth-order valence-corrected chi connectivity index (χ4v) is 7.52. The zero-order chi connectivity index (χ0) is 33.3. The molecule has 0 amide bonds. The molecule has 9 rings (SSSR count).